The Labute approximate surface area is 123 Å². The fourth-order valence-corrected chi connectivity index (χ4v) is 4.00. The van der Waals surface area contributed by atoms with Crippen LogP contribution in [0.4, 0.5) is 0 Å². The van der Waals surface area contributed by atoms with Gasteiger partial charge in [-0.05, 0) is 12.8 Å². The Morgan fingerprint density at radius 2 is 2.50 bits per heavy atom. The average Bonchev–Trinajstić information content (AvgIpc) is 3.10. The van der Waals surface area contributed by atoms with Gasteiger partial charge < -0.3 is 9.64 Å². The van der Waals surface area contributed by atoms with Gasteiger partial charge in [0.05, 0.1) is 24.8 Å². The Kier molecular flexibility index (Phi) is 4.31. The Morgan fingerprint density at radius 1 is 1.60 bits per heavy atom. The monoisotopic (exact) mass is 295 g/mol. The Bertz CT molecular complexity index is 471. The van der Waals surface area contributed by atoms with Gasteiger partial charge in [-0.15, -0.1) is 0 Å². The van der Waals surface area contributed by atoms with Crippen LogP contribution in [0.2, 0.25) is 0 Å². The van der Waals surface area contributed by atoms with Crippen molar-refractivity contribution < 1.29 is 9.53 Å². The third-order valence-corrected chi connectivity index (χ3v) is 5.01. The maximum Gasteiger partial charge on any atom is 0.225 e. The van der Waals surface area contributed by atoms with E-state index in [1.807, 2.05) is 36.1 Å². The Balaban J connectivity index is 1.69. The van der Waals surface area contributed by atoms with Crippen molar-refractivity contribution in [1.82, 2.24) is 14.7 Å². The van der Waals surface area contributed by atoms with E-state index < -0.39 is 0 Å². The quantitative estimate of drug-likeness (QED) is 0.850. The minimum atomic E-state index is 0.131. The summed E-state index contributed by atoms with van der Waals surface area (Å²) in [5.41, 5.74) is 1.14. The van der Waals surface area contributed by atoms with Crippen LogP contribution in [0.1, 0.15) is 30.9 Å². The standard InChI is InChI=1S/C14H21N3O2S/c1-16-9-11(8-15-16)13-10-20-6-4-17(13)14(18)7-12-3-2-5-19-12/h8-9,12-13H,2-7,10H2,1H3. The number of thioether (sulfide) groups is 1. The lowest BCUT2D eigenvalue weighted by Crippen LogP contribution is -2.41. The molecule has 3 rings (SSSR count). The third-order valence-electron chi connectivity index (χ3n) is 3.98. The van der Waals surface area contributed by atoms with Crippen LogP contribution in [-0.2, 0) is 16.6 Å². The first-order valence-corrected chi connectivity index (χ1v) is 8.37. The molecule has 2 saturated heterocycles. The number of hydrogen-bond donors (Lipinski definition) is 0. The number of nitrogens with zero attached hydrogens (tertiary/aromatic N) is 3. The van der Waals surface area contributed by atoms with E-state index in [1.54, 1.807) is 4.68 Å². The molecule has 5 nitrogen and oxygen atoms in total. The van der Waals surface area contributed by atoms with Crippen molar-refractivity contribution in [3.05, 3.63) is 18.0 Å². The normalized spacial score (nSPS) is 26.9. The molecule has 1 amide bonds. The molecule has 2 atom stereocenters. The molecule has 1 aromatic heterocycles. The van der Waals surface area contributed by atoms with Crippen LogP contribution in [0.25, 0.3) is 0 Å². The van der Waals surface area contributed by atoms with Crippen molar-refractivity contribution in [2.45, 2.75) is 31.4 Å². The first-order chi connectivity index (χ1) is 9.74. The lowest BCUT2D eigenvalue weighted by molar-refractivity contribution is -0.135. The molecule has 3 heterocycles. The van der Waals surface area contributed by atoms with Crippen LogP contribution in [0.3, 0.4) is 0 Å². The number of carbonyl (C=O) groups excluding carboxylic acids is 1. The van der Waals surface area contributed by atoms with E-state index in [-0.39, 0.29) is 18.1 Å². The summed E-state index contributed by atoms with van der Waals surface area (Å²) in [5, 5.41) is 4.23. The zero-order chi connectivity index (χ0) is 13.9. The van der Waals surface area contributed by atoms with Crippen molar-refractivity contribution in [2.24, 2.45) is 7.05 Å². The largest absolute Gasteiger partial charge is 0.378 e. The highest BCUT2D eigenvalue weighted by molar-refractivity contribution is 7.99. The van der Waals surface area contributed by atoms with Gasteiger partial charge in [-0.2, -0.15) is 16.9 Å². The molecule has 20 heavy (non-hydrogen) atoms. The lowest BCUT2D eigenvalue weighted by Gasteiger charge is -2.35. The van der Waals surface area contributed by atoms with Crippen molar-refractivity contribution in [3.63, 3.8) is 0 Å². The van der Waals surface area contributed by atoms with Gasteiger partial charge in [-0.3, -0.25) is 9.48 Å². The van der Waals surface area contributed by atoms with E-state index in [1.165, 1.54) is 0 Å². The van der Waals surface area contributed by atoms with Crippen LogP contribution in [0, 0.1) is 0 Å². The SMILES string of the molecule is Cn1cc(C2CSCCN2C(=O)CC2CCCO2)cn1. The molecule has 0 radical (unpaired) electrons. The number of carbonyl (C=O) groups is 1. The number of hydrogen-bond acceptors (Lipinski definition) is 4. The zero-order valence-corrected chi connectivity index (χ0v) is 12.6. The molecule has 0 saturated carbocycles. The van der Waals surface area contributed by atoms with Crippen molar-refractivity contribution in [1.29, 1.82) is 0 Å². The maximum absolute atomic E-state index is 12.6. The molecule has 110 valence electrons. The van der Waals surface area contributed by atoms with Gasteiger partial charge in [0.15, 0.2) is 0 Å². The molecule has 2 aliphatic rings. The van der Waals surface area contributed by atoms with E-state index in [2.05, 4.69) is 5.10 Å². The fourth-order valence-electron chi connectivity index (χ4n) is 2.91. The molecule has 1 aromatic rings. The molecular weight excluding hydrogens is 274 g/mol. The zero-order valence-electron chi connectivity index (χ0n) is 11.8. The van der Waals surface area contributed by atoms with Crippen LogP contribution >= 0.6 is 11.8 Å². The summed E-state index contributed by atoms with van der Waals surface area (Å²) in [6.07, 6.45) is 6.66. The van der Waals surface area contributed by atoms with Gasteiger partial charge >= 0.3 is 0 Å². The molecule has 2 fully saturated rings. The number of amides is 1. The van der Waals surface area contributed by atoms with E-state index in [9.17, 15) is 4.79 Å². The Morgan fingerprint density at radius 3 is 3.20 bits per heavy atom. The number of rotatable bonds is 3. The minimum Gasteiger partial charge on any atom is -0.378 e. The predicted octanol–water partition coefficient (Wildman–Crippen LogP) is 1.61. The van der Waals surface area contributed by atoms with E-state index in [0.717, 1.165) is 43.1 Å². The van der Waals surface area contributed by atoms with E-state index in [4.69, 9.17) is 4.74 Å². The number of aromatic nitrogens is 2. The molecular formula is C14H21N3O2S. The molecule has 0 aliphatic carbocycles. The topological polar surface area (TPSA) is 47.4 Å². The Hall–Kier alpha value is -1.01. The average molecular weight is 295 g/mol. The van der Waals surface area contributed by atoms with E-state index >= 15 is 0 Å². The third kappa shape index (κ3) is 3.01. The van der Waals surface area contributed by atoms with E-state index in [0.29, 0.717) is 6.42 Å². The van der Waals surface area contributed by atoms with Gasteiger partial charge in [-0.25, -0.2) is 0 Å². The summed E-state index contributed by atoms with van der Waals surface area (Å²) in [7, 11) is 1.91. The van der Waals surface area contributed by atoms with Gasteiger partial charge in [0.1, 0.15) is 0 Å². The summed E-state index contributed by atoms with van der Waals surface area (Å²) >= 11 is 1.91. The molecule has 0 aromatic carbocycles. The van der Waals surface area contributed by atoms with Crippen LogP contribution < -0.4 is 0 Å². The summed E-state index contributed by atoms with van der Waals surface area (Å²) in [5.74, 6) is 2.21. The van der Waals surface area contributed by atoms with Gasteiger partial charge in [0, 0.05) is 43.5 Å². The first-order valence-electron chi connectivity index (χ1n) is 7.21. The highest BCUT2D eigenvalue weighted by atomic mass is 32.2. The highest BCUT2D eigenvalue weighted by Crippen LogP contribution is 2.30. The fraction of sp³-hybridized carbons (Fsp3) is 0.714. The lowest BCUT2D eigenvalue weighted by atomic mass is 10.1. The summed E-state index contributed by atoms with van der Waals surface area (Å²) < 4.78 is 7.39. The van der Waals surface area contributed by atoms with Gasteiger partial charge in [0.25, 0.3) is 0 Å². The molecule has 2 aliphatic heterocycles. The smallest absolute Gasteiger partial charge is 0.225 e. The van der Waals surface area contributed by atoms with Crippen LogP contribution in [0.15, 0.2) is 12.4 Å². The predicted molar refractivity (Wildman–Crippen MR) is 78.6 cm³/mol. The molecule has 0 spiro atoms. The van der Waals surface area contributed by atoms with Crippen LogP contribution in [-0.4, -0.2) is 51.3 Å². The highest BCUT2D eigenvalue weighted by Gasteiger charge is 2.31. The number of aryl methyl sites for hydroxylation is 1. The molecule has 0 bridgehead atoms. The second kappa shape index (κ2) is 6.18. The van der Waals surface area contributed by atoms with Gasteiger partial charge in [0.2, 0.25) is 5.91 Å². The van der Waals surface area contributed by atoms with Crippen LogP contribution in [0.5, 0.6) is 0 Å². The van der Waals surface area contributed by atoms with Gasteiger partial charge in [-0.1, -0.05) is 0 Å². The number of ether oxygens (including phenoxy) is 1. The summed E-state index contributed by atoms with van der Waals surface area (Å²) in [4.78, 5) is 14.6. The minimum absolute atomic E-state index is 0.131. The second-order valence-corrected chi connectivity index (χ2v) is 6.61. The second-order valence-electron chi connectivity index (χ2n) is 5.46. The molecule has 0 N–H and O–H groups in total. The maximum atomic E-state index is 12.6. The first kappa shape index (κ1) is 13.9. The molecule has 2 unspecified atom stereocenters. The molecule has 6 heteroatoms. The summed E-state index contributed by atoms with van der Waals surface area (Å²) in [6.45, 7) is 1.63. The van der Waals surface area contributed by atoms with Crippen molar-refractivity contribution in [3.8, 4) is 0 Å². The van der Waals surface area contributed by atoms with Crippen molar-refractivity contribution in [2.75, 3.05) is 24.7 Å². The summed E-state index contributed by atoms with van der Waals surface area (Å²) in [6, 6.07) is 0.163. The van der Waals surface area contributed by atoms with Crippen molar-refractivity contribution >= 4 is 17.7 Å².